The Morgan fingerprint density at radius 2 is 1.67 bits per heavy atom. The molecule has 2 N–H and O–H groups in total. The van der Waals surface area contributed by atoms with Gasteiger partial charge in [0.25, 0.3) is 5.91 Å². The highest BCUT2D eigenvalue weighted by Gasteiger charge is 2.39. The van der Waals surface area contributed by atoms with Crippen LogP contribution in [0.25, 0.3) is 11.1 Å². The molecule has 4 heterocycles. The molecule has 1 aliphatic carbocycles. The highest BCUT2D eigenvalue weighted by molar-refractivity contribution is 5.98. The molecule has 5 aromatic rings. The molecule has 0 bridgehead atoms. The second kappa shape index (κ2) is 17.2. The van der Waals surface area contributed by atoms with Crippen molar-refractivity contribution in [3.63, 3.8) is 0 Å². The third-order valence-corrected chi connectivity index (χ3v) is 12.4. The summed E-state index contributed by atoms with van der Waals surface area (Å²) in [6, 6.07) is 19.0. The number of nitrogens with zero attached hydrogens (tertiary/aromatic N) is 3. The molecule has 0 spiro atoms. The van der Waals surface area contributed by atoms with Gasteiger partial charge in [0.15, 0.2) is 29.2 Å². The molecule has 2 aromatic heterocycles. The third kappa shape index (κ3) is 8.59. The zero-order chi connectivity index (χ0) is 42.1. The quantitative estimate of drug-likeness (QED) is 0.133. The smallest absolute Gasteiger partial charge is 0.326 e. The van der Waals surface area contributed by atoms with E-state index in [4.69, 9.17) is 18.6 Å². The molecule has 8 rings (SSSR count). The van der Waals surface area contributed by atoms with Crippen LogP contribution in [0.1, 0.15) is 101 Å². The maximum atomic E-state index is 14.2. The molecule has 312 valence electrons. The summed E-state index contributed by atoms with van der Waals surface area (Å²) in [4.78, 5) is 51.2. The van der Waals surface area contributed by atoms with Gasteiger partial charge in [0.05, 0.1) is 6.10 Å². The van der Waals surface area contributed by atoms with E-state index >= 15 is 0 Å². The van der Waals surface area contributed by atoms with Crippen LogP contribution in [-0.4, -0.2) is 62.6 Å². The fraction of sp³-hybridized carbons (Fsp3) is 0.396. The summed E-state index contributed by atoms with van der Waals surface area (Å²) in [5.41, 5.74) is 7.41. The number of benzene rings is 3. The van der Waals surface area contributed by atoms with Crippen molar-refractivity contribution in [3.8, 4) is 28.4 Å². The van der Waals surface area contributed by atoms with Crippen molar-refractivity contribution < 1.29 is 38.1 Å². The van der Waals surface area contributed by atoms with E-state index in [1.807, 2.05) is 80.6 Å². The summed E-state index contributed by atoms with van der Waals surface area (Å²) < 4.78 is 24.7. The molecule has 60 heavy (non-hydrogen) atoms. The van der Waals surface area contributed by atoms with Crippen LogP contribution in [0.3, 0.4) is 0 Å². The van der Waals surface area contributed by atoms with Crippen LogP contribution in [0.2, 0.25) is 0 Å². The van der Waals surface area contributed by atoms with Gasteiger partial charge < -0.3 is 34.0 Å². The van der Waals surface area contributed by atoms with Gasteiger partial charge in [-0.1, -0.05) is 49.7 Å². The number of pyridine rings is 1. The summed E-state index contributed by atoms with van der Waals surface area (Å²) in [5.74, 6) is 1.12. The topological polar surface area (TPSA) is 153 Å². The summed E-state index contributed by atoms with van der Waals surface area (Å²) in [7, 11) is 0. The first-order valence-corrected chi connectivity index (χ1v) is 21.0. The number of aliphatic carboxylic acids is 1. The van der Waals surface area contributed by atoms with Crippen LogP contribution in [-0.2, 0) is 29.0 Å². The van der Waals surface area contributed by atoms with Crippen molar-refractivity contribution in [1.82, 2.24) is 20.2 Å². The van der Waals surface area contributed by atoms with Crippen LogP contribution in [0, 0.1) is 33.6 Å². The summed E-state index contributed by atoms with van der Waals surface area (Å²) >= 11 is 0. The number of nitrogens with one attached hydrogen (secondary N) is 1. The standard InChI is InChI=1S/C48H52N4O8/c1-6-31-9-15-37(16-10-31)59-38-17-13-34(14-18-38)44-26-57-42-23-35-22-41(52(25-36(35)24-43(42)60-44)47(54)45-29(4)58-30(5)50-45)46(53)51-40(48(55)56)21-32-7-11-33(12-8-32)39-19-20-49-28(3)27(39)2/h7-8,11-14,17-20,23-24,31,37,40-41,44H,6,9-10,15-16,21-22,25-26H2,1-5H3,(H,51,53)(H,55,56)/t31-,37+,40-,41-,44+/m0/s1. The first kappa shape index (κ1) is 40.6. The van der Waals surface area contributed by atoms with Crippen LogP contribution in [0.15, 0.2) is 77.3 Å². The lowest BCUT2D eigenvalue weighted by atomic mass is 9.86. The molecule has 3 atom stereocenters. The number of ether oxygens (including phenoxy) is 3. The van der Waals surface area contributed by atoms with Gasteiger partial charge in [-0.2, -0.15) is 0 Å². The predicted molar refractivity (Wildman–Crippen MR) is 224 cm³/mol. The Morgan fingerprint density at radius 3 is 2.35 bits per heavy atom. The molecule has 1 saturated carbocycles. The minimum atomic E-state index is -1.25. The molecule has 0 radical (unpaired) electrons. The number of amides is 2. The van der Waals surface area contributed by atoms with Crippen molar-refractivity contribution in [2.75, 3.05) is 6.61 Å². The molecule has 3 aliphatic rings. The van der Waals surface area contributed by atoms with Gasteiger partial charge in [0.1, 0.15) is 30.2 Å². The zero-order valence-electron chi connectivity index (χ0n) is 34.8. The lowest BCUT2D eigenvalue weighted by molar-refractivity contribution is -0.142. The Morgan fingerprint density at radius 1 is 0.933 bits per heavy atom. The maximum Gasteiger partial charge on any atom is 0.326 e. The first-order chi connectivity index (χ1) is 28.9. The van der Waals surface area contributed by atoms with Gasteiger partial charge in [-0.05, 0) is 122 Å². The lowest BCUT2D eigenvalue weighted by Gasteiger charge is -2.37. The highest BCUT2D eigenvalue weighted by atomic mass is 16.6. The number of carbonyl (C=O) groups excluding carboxylic acids is 2. The number of hydrogen-bond donors (Lipinski definition) is 2. The number of rotatable bonds is 11. The average Bonchev–Trinajstić information content (AvgIpc) is 3.60. The van der Waals surface area contributed by atoms with E-state index in [9.17, 15) is 19.5 Å². The Hall–Kier alpha value is -6.17. The summed E-state index contributed by atoms with van der Waals surface area (Å²) in [6.45, 7) is 9.89. The number of carboxylic acids is 1. The van der Waals surface area contributed by atoms with E-state index in [1.165, 1.54) is 24.2 Å². The Labute approximate surface area is 350 Å². The molecule has 0 unspecified atom stereocenters. The second-order valence-electron chi connectivity index (χ2n) is 16.4. The van der Waals surface area contributed by atoms with Crippen molar-refractivity contribution in [3.05, 3.63) is 124 Å². The summed E-state index contributed by atoms with van der Waals surface area (Å²) in [6.07, 6.45) is 7.64. The molecular weight excluding hydrogens is 761 g/mol. The minimum absolute atomic E-state index is 0.0457. The largest absolute Gasteiger partial charge is 0.490 e. The number of aryl methyl sites for hydroxylation is 3. The SMILES string of the molecule is CC[C@H]1CC[C@@H](Oc2ccc([C@H]3COc4cc5c(cc4O3)CN(C(=O)c3nc(C)oc3C)[C@H](C(=O)N[C@@H](Cc3ccc(-c4ccnc(C)c4C)cc3)C(=O)O)C5)cc2)CC1. The monoisotopic (exact) mass is 812 g/mol. The van der Waals surface area contributed by atoms with Gasteiger partial charge >= 0.3 is 5.97 Å². The van der Waals surface area contributed by atoms with Crippen molar-refractivity contribution in [2.45, 2.75) is 110 Å². The van der Waals surface area contributed by atoms with Crippen LogP contribution >= 0.6 is 0 Å². The number of carbonyl (C=O) groups is 3. The maximum absolute atomic E-state index is 14.2. The van der Waals surface area contributed by atoms with E-state index in [2.05, 4.69) is 22.2 Å². The molecule has 12 nitrogen and oxygen atoms in total. The number of carboxylic acid groups (broad SMARTS) is 1. The fourth-order valence-electron chi connectivity index (χ4n) is 8.71. The van der Waals surface area contributed by atoms with Crippen LogP contribution < -0.4 is 19.5 Å². The van der Waals surface area contributed by atoms with Gasteiger partial charge in [0, 0.05) is 38.2 Å². The number of aromatic nitrogens is 2. The molecule has 3 aromatic carbocycles. The number of fused-ring (bicyclic) bond motifs is 2. The average molecular weight is 813 g/mol. The predicted octanol–water partition coefficient (Wildman–Crippen LogP) is 8.21. The van der Waals surface area contributed by atoms with E-state index in [0.29, 0.717) is 23.1 Å². The fourth-order valence-corrected chi connectivity index (χ4v) is 8.71. The van der Waals surface area contributed by atoms with Crippen molar-refractivity contribution >= 4 is 17.8 Å². The summed E-state index contributed by atoms with van der Waals surface area (Å²) in [5, 5.41) is 13.1. The Bertz CT molecular complexity index is 2380. The van der Waals surface area contributed by atoms with E-state index in [1.54, 1.807) is 20.0 Å². The Kier molecular flexibility index (Phi) is 11.6. The van der Waals surface area contributed by atoms with Gasteiger partial charge in [-0.3, -0.25) is 14.6 Å². The molecule has 1 fully saturated rings. The molecular formula is C48H52N4O8. The van der Waals surface area contributed by atoms with E-state index in [-0.39, 0.29) is 43.9 Å². The van der Waals surface area contributed by atoms with Gasteiger partial charge in [-0.15, -0.1) is 0 Å². The van der Waals surface area contributed by atoms with E-state index < -0.39 is 29.9 Å². The highest BCUT2D eigenvalue weighted by Crippen LogP contribution is 2.41. The number of oxazole rings is 1. The minimum Gasteiger partial charge on any atom is -0.490 e. The molecule has 0 saturated heterocycles. The normalized spacial score (nSPS) is 20.2. The first-order valence-electron chi connectivity index (χ1n) is 21.0. The Balaban J connectivity index is 0.991. The zero-order valence-corrected chi connectivity index (χ0v) is 34.8. The van der Waals surface area contributed by atoms with Crippen LogP contribution in [0.5, 0.6) is 17.2 Å². The van der Waals surface area contributed by atoms with Crippen molar-refractivity contribution in [2.24, 2.45) is 5.92 Å². The number of hydrogen-bond acceptors (Lipinski definition) is 9. The van der Waals surface area contributed by atoms with Gasteiger partial charge in [0.2, 0.25) is 5.91 Å². The second-order valence-corrected chi connectivity index (χ2v) is 16.4. The lowest BCUT2D eigenvalue weighted by Crippen LogP contribution is -2.56. The van der Waals surface area contributed by atoms with Crippen LogP contribution in [0.4, 0.5) is 0 Å². The van der Waals surface area contributed by atoms with E-state index in [0.717, 1.165) is 69.1 Å². The van der Waals surface area contributed by atoms with Gasteiger partial charge in [-0.25, -0.2) is 9.78 Å². The van der Waals surface area contributed by atoms with Crippen molar-refractivity contribution in [1.29, 1.82) is 0 Å². The molecule has 2 amide bonds. The molecule has 2 aliphatic heterocycles. The molecule has 12 heteroatoms. The third-order valence-electron chi connectivity index (χ3n) is 12.4.